The second-order valence-electron chi connectivity index (χ2n) is 4.38. The normalized spacial score (nSPS) is 12.4. The minimum absolute atomic E-state index is 0.513. The van der Waals surface area contributed by atoms with E-state index in [0.29, 0.717) is 11.4 Å². The van der Waals surface area contributed by atoms with Gasteiger partial charge in [0.15, 0.2) is 0 Å². The molecule has 2 aromatic carbocycles. The second-order valence-corrected chi connectivity index (χ2v) is 5.95. The molecule has 1 N–H and O–H groups in total. The number of hydrogen-bond acceptors (Lipinski definition) is 1. The van der Waals surface area contributed by atoms with Gasteiger partial charge in [0.1, 0.15) is 0 Å². The molecule has 94 valence electrons. The summed E-state index contributed by atoms with van der Waals surface area (Å²) >= 11 is 8.25. The molecule has 0 bridgehead atoms. The molecule has 18 heavy (non-hydrogen) atoms. The zero-order valence-corrected chi connectivity index (χ0v) is 12.9. The summed E-state index contributed by atoms with van der Waals surface area (Å²) < 4.78 is 1.00. The average molecular weight is 373 g/mol. The summed E-state index contributed by atoms with van der Waals surface area (Å²) in [5, 5.41) is 10.9. The molecule has 2 aromatic rings. The molecule has 0 aliphatic carbocycles. The van der Waals surface area contributed by atoms with Crippen molar-refractivity contribution in [2.24, 2.45) is 0 Å². The standard InChI is InChI=1S/C15H14ClIO/c1-10-3-2-4-11(7-10)8-15(18)12-5-6-14(17)13(16)9-12/h2-7,9,15,18H,8H2,1H3. The van der Waals surface area contributed by atoms with Crippen LogP contribution in [0.5, 0.6) is 0 Å². The number of hydrogen-bond donors (Lipinski definition) is 1. The Morgan fingerprint density at radius 3 is 2.67 bits per heavy atom. The van der Waals surface area contributed by atoms with E-state index >= 15 is 0 Å². The van der Waals surface area contributed by atoms with E-state index in [1.165, 1.54) is 5.56 Å². The molecular weight excluding hydrogens is 359 g/mol. The lowest BCUT2D eigenvalue weighted by atomic mass is 10.0. The summed E-state index contributed by atoms with van der Waals surface area (Å²) in [5.74, 6) is 0. The highest BCUT2D eigenvalue weighted by Crippen LogP contribution is 2.25. The third-order valence-corrected chi connectivity index (χ3v) is 4.41. The van der Waals surface area contributed by atoms with Crippen molar-refractivity contribution in [1.82, 2.24) is 0 Å². The van der Waals surface area contributed by atoms with Crippen molar-refractivity contribution in [2.45, 2.75) is 19.4 Å². The Labute approximate surface area is 126 Å². The molecule has 1 nitrogen and oxygen atoms in total. The van der Waals surface area contributed by atoms with Gasteiger partial charge in [0.05, 0.1) is 11.1 Å². The highest BCUT2D eigenvalue weighted by atomic mass is 127. The van der Waals surface area contributed by atoms with Crippen LogP contribution in [0.25, 0.3) is 0 Å². The molecule has 0 aliphatic heterocycles. The van der Waals surface area contributed by atoms with Gasteiger partial charge in [-0.05, 0) is 52.8 Å². The summed E-state index contributed by atoms with van der Waals surface area (Å²) in [7, 11) is 0. The number of rotatable bonds is 3. The molecule has 2 rings (SSSR count). The Kier molecular flexibility index (Phi) is 4.65. The molecule has 0 heterocycles. The van der Waals surface area contributed by atoms with Crippen LogP contribution in [0.15, 0.2) is 42.5 Å². The summed E-state index contributed by atoms with van der Waals surface area (Å²) in [5.41, 5.74) is 3.21. The Hall–Kier alpha value is -0.580. The van der Waals surface area contributed by atoms with Crippen LogP contribution in [0.3, 0.4) is 0 Å². The van der Waals surface area contributed by atoms with Gasteiger partial charge in [-0.15, -0.1) is 0 Å². The predicted molar refractivity (Wildman–Crippen MR) is 84.0 cm³/mol. The van der Waals surface area contributed by atoms with Crippen molar-refractivity contribution in [3.05, 3.63) is 67.7 Å². The van der Waals surface area contributed by atoms with E-state index in [1.54, 1.807) is 0 Å². The second kappa shape index (κ2) is 6.04. The van der Waals surface area contributed by atoms with Gasteiger partial charge < -0.3 is 5.11 Å². The van der Waals surface area contributed by atoms with Gasteiger partial charge in [-0.25, -0.2) is 0 Å². The highest BCUT2D eigenvalue weighted by Gasteiger charge is 2.10. The first-order valence-corrected chi connectivity index (χ1v) is 7.20. The Morgan fingerprint density at radius 1 is 1.22 bits per heavy atom. The van der Waals surface area contributed by atoms with Gasteiger partial charge in [-0.1, -0.05) is 47.5 Å². The van der Waals surface area contributed by atoms with Crippen LogP contribution in [0, 0.1) is 10.5 Å². The van der Waals surface area contributed by atoms with Gasteiger partial charge in [-0.3, -0.25) is 0 Å². The molecule has 3 heteroatoms. The third kappa shape index (κ3) is 3.46. The minimum Gasteiger partial charge on any atom is -0.388 e. The summed E-state index contributed by atoms with van der Waals surface area (Å²) in [4.78, 5) is 0. The van der Waals surface area contributed by atoms with Crippen molar-refractivity contribution >= 4 is 34.2 Å². The first-order valence-electron chi connectivity index (χ1n) is 5.75. The molecule has 0 radical (unpaired) electrons. The van der Waals surface area contributed by atoms with Crippen LogP contribution < -0.4 is 0 Å². The molecule has 1 unspecified atom stereocenters. The number of benzene rings is 2. The molecule has 0 fully saturated rings. The molecule has 0 saturated carbocycles. The van der Waals surface area contributed by atoms with E-state index in [1.807, 2.05) is 30.3 Å². The Bertz CT molecular complexity index is 554. The van der Waals surface area contributed by atoms with Crippen LogP contribution in [-0.2, 0) is 6.42 Å². The highest BCUT2D eigenvalue weighted by molar-refractivity contribution is 14.1. The lowest BCUT2D eigenvalue weighted by molar-refractivity contribution is 0.178. The average Bonchev–Trinajstić information content (AvgIpc) is 2.32. The summed E-state index contributed by atoms with van der Waals surface area (Å²) in [6.07, 6.45) is 0.0970. The fraction of sp³-hybridized carbons (Fsp3) is 0.200. The van der Waals surface area contributed by atoms with E-state index in [0.717, 1.165) is 14.7 Å². The van der Waals surface area contributed by atoms with E-state index in [4.69, 9.17) is 11.6 Å². The minimum atomic E-state index is -0.513. The van der Waals surface area contributed by atoms with Crippen LogP contribution in [-0.4, -0.2) is 5.11 Å². The van der Waals surface area contributed by atoms with Crippen LogP contribution >= 0.6 is 34.2 Å². The van der Waals surface area contributed by atoms with Gasteiger partial charge in [0.25, 0.3) is 0 Å². The predicted octanol–water partition coefficient (Wildman–Crippen LogP) is 4.53. The largest absolute Gasteiger partial charge is 0.388 e. The number of aliphatic hydroxyl groups is 1. The molecule has 0 aromatic heterocycles. The maximum absolute atomic E-state index is 10.2. The fourth-order valence-corrected chi connectivity index (χ4v) is 2.42. The summed E-state index contributed by atoms with van der Waals surface area (Å²) in [6, 6.07) is 13.9. The maximum Gasteiger partial charge on any atom is 0.0830 e. The van der Waals surface area contributed by atoms with E-state index in [9.17, 15) is 5.11 Å². The lowest BCUT2D eigenvalue weighted by Gasteiger charge is -2.12. The number of aryl methyl sites for hydroxylation is 1. The van der Waals surface area contributed by atoms with Crippen molar-refractivity contribution in [3.63, 3.8) is 0 Å². The first kappa shape index (κ1) is 13.8. The van der Waals surface area contributed by atoms with E-state index < -0.39 is 6.10 Å². The molecule has 1 atom stereocenters. The van der Waals surface area contributed by atoms with Crippen molar-refractivity contribution in [3.8, 4) is 0 Å². The Morgan fingerprint density at radius 2 is 2.00 bits per heavy atom. The summed E-state index contributed by atoms with van der Waals surface area (Å²) in [6.45, 7) is 2.05. The van der Waals surface area contributed by atoms with Crippen LogP contribution in [0.4, 0.5) is 0 Å². The Balaban J connectivity index is 2.16. The third-order valence-electron chi connectivity index (χ3n) is 2.84. The molecule has 0 aliphatic rings. The fourth-order valence-electron chi connectivity index (χ4n) is 1.90. The van der Waals surface area contributed by atoms with E-state index in [-0.39, 0.29) is 0 Å². The van der Waals surface area contributed by atoms with Gasteiger partial charge >= 0.3 is 0 Å². The van der Waals surface area contributed by atoms with Crippen LogP contribution in [0.2, 0.25) is 5.02 Å². The maximum atomic E-state index is 10.2. The monoisotopic (exact) mass is 372 g/mol. The van der Waals surface area contributed by atoms with E-state index in [2.05, 4.69) is 41.6 Å². The molecular formula is C15H14ClIO. The SMILES string of the molecule is Cc1cccc(CC(O)c2ccc(I)c(Cl)c2)c1. The lowest BCUT2D eigenvalue weighted by Crippen LogP contribution is -2.02. The van der Waals surface area contributed by atoms with Gasteiger partial charge in [-0.2, -0.15) is 0 Å². The zero-order valence-electron chi connectivity index (χ0n) is 10.0. The number of halogens is 2. The topological polar surface area (TPSA) is 20.2 Å². The van der Waals surface area contributed by atoms with Gasteiger partial charge in [0.2, 0.25) is 0 Å². The quantitative estimate of drug-likeness (QED) is 0.785. The van der Waals surface area contributed by atoms with Crippen molar-refractivity contribution in [1.29, 1.82) is 0 Å². The van der Waals surface area contributed by atoms with Crippen LogP contribution in [0.1, 0.15) is 22.8 Å². The molecule has 0 saturated heterocycles. The van der Waals surface area contributed by atoms with Crippen molar-refractivity contribution in [2.75, 3.05) is 0 Å². The number of aliphatic hydroxyl groups excluding tert-OH is 1. The zero-order chi connectivity index (χ0) is 13.1. The smallest absolute Gasteiger partial charge is 0.0830 e. The molecule has 0 spiro atoms. The van der Waals surface area contributed by atoms with Crippen molar-refractivity contribution < 1.29 is 5.11 Å². The van der Waals surface area contributed by atoms with Gasteiger partial charge in [0, 0.05) is 9.99 Å². The molecule has 0 amide bonds. The first-order chi connectivity index (χ1) is 8.56.